The minimum absolute atomic E-state index is 0.951. The van der Waals surface area contributed by atoms with Gasteiger partial charge in [-0.05, 0) is 71.1 Å². The first-order chi connectivity index (χ1) is 26.8. The van der Waals surface area contributed by atoms with Gasteiger partial charge in [0.25, 0.3) is 0 Å². The van der Waals surface area contributed by atoms with Crippen molar-refractivity contribution < 1.29 is 0 Å². The third kappa shape index (κ3) is 4.72. The van der Waals surface area contributed by atoms with Crippen LogP contribution in [0.15, 0.2) is 200 Å². The minimum atomic E-state index is 0.951. The monoisotopic (exact) mass is 687 g/mol. The number of para-hydroxylation sites is 2. The van der Waals surface area contributed by atoms with Crippen LogP contribution in [0.25, 0.3) is 99.4 Å². The maximum atomic E-state index is 5.19. The van der Waals surface area contributed by atoms with Crippen LogP contribution in [-0.2, 0) is 0 Å². The first-order valence-corrected chi connectivity index (χ1v) is 18.5. The fourth-order valence-corrected chi connectivity index (χ4v) is 8.47. The SMILES string of the molecule is c1ccc(-c2cc(-c3ccccc3)nc(-c3ccc(-n4c5ccccc5c5c6c7ccccc7n(-c7cccc8ccccc78)c6ccc54)cc3)c2)cc1. The number of pyridine rings is 1. The van der Waals surface area contributed by atoms with Crippen LogP contribution in [0.1, 0.15) is 0 Å². The highest BCUT2D eigenvalue weighted by Gasteiger charge is 2.21. The third-order valence-electron chi connectivity index (χ3n) is 10.9. The van der Waals surface area contributed by atoms with Crippen LogP contribution >= 0.6 is 0 Å². The highest BCUT2D eigenvalue weighted by atomic mass is 15.0. The second kappa shape index (κ2) is 12.2. The van der Waals surface area contributed by atoms with Crippen LogP contribution < -0.4 is 0 Å². The molecule has 8 aromatic carbocycles. The lowest BCUT2D eigenvalue weighted by atomic mass is 10.00. The fourth-order valence-electron chi connectivity index (χ4n) is 8.47. The lowest BCUT2D eigenvalue weighted by molar-refractivity contribution is 1.18. The van der Waals surface area contributed by atoms with Crippen molar-refractivity contribution in [1.82, 2.24) is 14.1 Å². The molecular formula is C51H33N3. The average Bonchev–Trinajstić information content (AvgIpc) is 3.77. The number of hydrogen-bond acceptors (Lipinski definition) is 1. The first kappa shape index (κ1) is 30.4. The second-order valence-electron chi connectivity index (χ2n) is 14.0. The summed E-state index contributed by atoms with van der Waals surface area (Å²) >= 11 is 0. The van der Waals surface area contributed by atoms with Crippen molar-refractivity contribution in [2.24, 2.45) is 0 Å². The number of fused-ring (bicyclic) bond motifs is 8. The van der Waals surface area contributed by atoms with Crippen LogP contribution in [0.2, 0.25) is 0 Å². The van der Waals surface area contributed by atoms with Gasteiger partial charge in [0.15, 0.2) is 0 Å². The molecule has 0 saturated heterocycles. The lowest BCUT2D eigenvalue weighted by Crippen LogP contribution is -1.96. The molecule has 3 heterocycles. The van der Waals surface area contributed by atoms with E-state index in [0.717, 1.165) is 33.8 Å². The summed E-state index contributed by atoms with van der Waals surface area (Å²) in [6.07, 6.45) is 0. The Morgan fingerprint density at radius 3 is 1.48 bits per heavy atom. The molecule has 3 aromatic heterocycles. The summed E-state index contributed by atoms with van der Waals surface area (Å²) in [6.45, 7) is 0. The topological polar surface area (TPSA) is 22.8 Å². The summed E-state index contributed by atoms with van der Waals surface area (Å²) in [6, 6.07) is 71.9. The molecule has 0 aliphatic heterocycles. The first-order valence-electron chi connectivity index (χ1n) is 18.5. The summed E-state index contributed by atoms with van der Waals surface area (Å²) in [5, 5.41) is 7.52. The number of hydrogen-bond donors (Lipinski definition) is 0. The quantitative estimate of drug-likeness (QED) is 0.177. The molecule has 11 rings (SSSR count). The van der Waals surface area contributed by atoms with E-state index in [1.165, 1.54) is 65.6 Å². The van der Waals surface area contributed by atoms with Gasteiger partial charge in [0, 0.05) is 43.7 Å². The molecule has 0 atom stereocenters. The van der Waals surface area contributed by atoms with E-state index in [9.17, 15) is 0 Å². The van der Waals surface area contributed by atoms with E-state index in [2.05, 4.69) is 203 Å². The van der Waals surface area contributed by atoms with Crippen molar-refractivity contribution in [3.8, 4) is 45.0 Å². The Hall–Kier alpha value is -7.23. The molecule has 0 radical (unpaired) electrons. The summed E-state index contributed by atoms with van der Waals surface area (Å²) in [5.41, 5.74) is 13.5. The molecule has 0 saturated carbocycles. The second-order valence-corrected chi connectivity index (χ2v) is 14.0. The van der Waals surface area contributed by atoms with Crippen LogP contribution in [0.5, 0.6) is 0 Å². The van der Waals surface area contributed by atoms with Crippen LogP contribution in [0, 0.1) is 0 Å². The molecule has 0 aliphatic rings. The smallest absolute Gasteiger partial charge is 0.0715 e. The molecule has 252 valence electrons. The molecule has 0 fully saturated rings. The Labute approximate surface area is 312 Å². The molecule has 3 nitrogen and oxygen atoms in total. The van der Waals surface area contributed by atoms with Gasteiger partial charge in [-0.15, -0.1) is 0 Å². The Bertz CT molecular complexity index is 3130. The van der Waals surface area contributed by atoms with Crippen LogP contribution in [-0.4, -0.2) is 14.1 Å². The van der Waals surface area contributed by atoms with Crippen LogP contribution in [0.4, 0.5) is 0 Å². The van der Waals surface area contributed by atoms with Crippen molar-refractivity contribution in [1.29, 1.82) is 0 Å². The average molecular weight is 688 g/mol. The summed E-state index contributed by atoms with van der Waals surface area (Å²) in [4.78, 5) is 5.19. The molecule has 11 aromatic rings. The Morgan fingerprint density at radius 2 is 0.815 bits per heavy atom. The minimum Gasteiger partial charge on any atom is -0.309 e. The van der Waals surface area contributed by atoms with E-state index < -0.39 is 0 Å². The predicted octanol–water partition coefficient (Wildman–Crippen LogP) is 13.4. The molecule has 0 N–H and O–H groups in total. The van der Waals surface area contributed by atoms with Gasteiger partial charge in [-0.3, -0.25) is 0 Å². The predicted molar refractivity (Wildman–Crippen MR) is 227 cm³/mol. The third-order valence-corrected chi connectivity index (χ3v) is 10.9. The van der Waals surface area contributed by atoms with Crippen molar-refractivity contribution in [2.45, 2.75) is 0 Å². The van der Waals surface area contributed by atoms with Crippen LogP contribution in [0.3, 0.4) is 0 Å². The van der Waals surface area contributed by atoms with E-state index in [1.54, 1.807) is 0 Å². The zero-order valence-electron chi connectivity index (χ0n) is 29.4. The number of aromatic nitrogens is 3. The van der Waals surface area contributed by atoms with Gasteiger partial charge in [0.1, 0.15) is 0 Å². The highest BCUT2D eigenvalue weighted by Crippen LogP contribution is 2.43. The largest absolute Gasteiger partial charge is 0.309 e. The van der Waals surface area contributed by atoms with Gasteiger partial charge in [0.2, 0.25) is 0 Å². The molecule has 0 unspecified atom stereocenters. The van der Waals surface area contributed by atoms with E-state index in [1.807, 2.05) is 6.07 Å². The van der Waals surface area contributed by atoms with Gasteiger partial charge in [-0.1, -0.05) is 146 Å². The maximum Gasteiger partial charge on any atom is 0.0715 e. The summed E-state index contributed by atoms with van der Waals surface area (Å²) in [7, 11) is 0. The standard InChI is InChI=1S/C51H33N3/c1-3-14-34(15-4-1)38-32-43(36-17-5-2-6-18-36)52-44(33-38)37-26-28-39(29-27-37)53-46-23-11-9-21-41(46)50-48(53)30-31-49-51(50)42-22-10-12-24-47(42)54(49)45-25-13-19-35-16-7-8-20-40(35)45/h1-33H. The van der Waals surface area contributed by atoms with E-state index in [4.69, 9.17) is 4.98 Å². The highest BCUT2D eigenvalue weighted by molar-refractivity contribution is 6.29. The molecular weight excluding hydrogens is 655 g/mol. The molecule has 0 spiro atoms. The van der Waals surface area contributed by atoms with Gasteiger partial charge >= 0.3 is 0 Å². The summed E-state index contributed by atoms with van der Waals surface area (Å²) in [5.74, 6) is 0. The normalized spacial score (nSPS) is 11.7. The molecule has 0 aliphatic carbocycles. The van der Waals surface area contributed by atoms with Gasteiger partial charge < -0.3 is 9.13 Å². The maximum absolute atomic E-state index is 5.19. The van der Waals surface area contributed by atoms with E-state index in [-0.39, 0.29) is 0 Å². The summed E-state index contributed by atoms with van der Waals surface area (Å²) < 4.78 is 4.87. The Balaban J connectivity index is 1.11. The van der Waals surface area contributed by atoms with Crippen molar-refractivity contribution in [3.63, 3.8) is 0 Å². The van der Waals surface area contributed by atoms with Gasteiger partial charge in [-0.2, -0.15) is 0 Å². The molecule has 3 heteroatoms. The fraction of sp³-hybridized carbons (Fsp3) is 0. The number of nitrogens with zero attached hydrogens (tertiary/aromatic N) is 3. The zero-order chi connectivity index (χ0) is 35.6. The van der Waals surface area contributed by atoms with E-state index >= 15 is 0 Å². The molecule has 0 bridgehead atoms. The van der Waals surface area contributed by atoms with E-state index in [0.29, 0.717) is 0 Å². The van der Waals surface area contributed by atoms with Gasteiger partial charge in [-0.25, -0.2) is 4.98 Å². The molecule has 54 heavy (non-hydrogen) atoms. The van der Waals surface area contributed by atoms with Gasteiger partial charge in [0.05, 0.1) is 39.1 Å². The van der Waals surface area contributed by atoms with Crippen molar-refractivity contribution in [2.75, 3.05) is 0 Å². The number of rotatable bonds is 5. The zero-order valence-corrected chi connectivity index (χ0v) is 29.4. The number of benzene rings is 8. The van der Waals surface area contributed by atoms with Crippen molar-refractivity contribution in [3.05, 3.63) is 200 Å². The lowest BCUT2D eigenvalue weighted by Gasteiger charge is -2.12. The Kier molecular flexibility index (Phi) is 6.86. The Morgan fingerprint density at radius 1 is 0.315 bits per heavy atom. The molecule has 0 amide bonds. The van der Waals surface area contributed by atoms with Crippen molar-refractivity contribution >= 4 is 54.4 Å².